The van der Waals surface area contributed by atoms with Gasteiger partial charge in [-0.15, -0.1) is 5.10 Å². The van der Waals surface area contributed by atoms with Gasteiger partial charge in [-0.25, -0.2) is 0 Å². The van der Waals surface area contributed by atoms with Crippen LogP contribution in [0.5, 0.6) is 0 Å². The highest BCUT2D eigenvalue weighted by atomic mass is 35.5. The maximum Gasteiger partial charge on any atom is 0.416 e. The summed E-state index contributed by atoms with van der Waals surface area (Å²) in [5, 5.41) is 13.5. The van der Waals surface area contributed by atoms with E-state index in [0.717, 1.165) is 18.6 Å². The van der Waals surface area contributed by atoms with E-state index in [1.54, 1.807) is 0 Å². The Hall–Kier alpha value is -2.09. The zero-order valence-corrected chi connectivity index (χ0v) is 13.2. The second kappa shape index (κ2) is 6.99. The minimum absolute atomic E-state index is 0.0940. The van der Waals surface area contributed by atoms with E-state index in [4.69, 9.17) is 11.6 Å². The third kappa shape index (κ3) is 4.69. The third-order valence-corrected chi connectivity index (χ3v) is 3.43. The number of halogens is 4. The topological polar surface area (TPSA) is 62.7 Å². The second-order valence-corrected chi connectivity index (χ2v) is 5.34. The number of hydrogen-bond acceptors (Lipinski definition) is 5. The molecule has 0 spiro atoms. The lowest BCUT2D eigenvalue weighted by atomic mass is 10.2. The minimum Gasteiger partial charge on any atom is -0.350 e. The van der Waals surface area contributed by atoms with Gasteiger partial charge in [-0.2, -0.15) is 23.3 Å². The molecule has 0 saturated carbocycles. The Morgan fingerprint density at radius 3 is 2.70 bits per heavy atom. The number of benzene rings is 1. The average Bonchev–Trinajstić information content (AvgIpc) is 2.48. The molecule has 9 heteroatoms. The summed E-state index contributed by atoms with van der Waals surface area (Å²) in [6, 6.07) is 3.16. The van der Waals surface area contributed by atoms with Crippen LogP contribution < -0.4 is 10.6 Å². The first-order valence-electron chi connectivity index (χ1n) is 6.89. The molecule has 0 saturated heterocycles. The van der Waals surface area contributed by atoms with Gasteiger partial charge in [-0.05, 0) is 31.5 Å². The molecule has 1 aromatic carbocycles. The van der Waals surface area contributed by atoms with Crippen molar-refractivity contribution in [3.63, 3.8) is 0 Å². The number of alkyl halides is 3. The van der Waals surface area contributed by atoms with Gasteiger partial charge in [0, 0.05) is 6.04 Å². The van der Waals surface area contributed by atoms with E-state index in [1.807, 2.05) is 13.8 Å². The molecule has 0 fully saturated rings. The summed E-state index contributed by atoms with van der Waals surface area (Å²) in [4.78, 5) is 4.15. The Bertz CT molecular complexity index is 678. The molecule has 124 valence electrons. The van der Waals surface area contributed by atoms with Gasteiger partial charge in [-0.1, -0.05) is 18.5 Å². The molecule has 1 heterocycles. The number of aromatic nitrogens is 3. The molecule has 2 rings (SSSR count). The fourth-order valence-corrected chi connectivity index (χ4v) is 1.85. The van der Waals surface area contributed by atoms with Gasteiger partial charge in [-0.3, -0.25) is 0 Å². The van der Waals surface area contributed by atoms with Gasteiger partial charge in [0.2, 0.25) is 5.95 Å². The molecule has 1 atom stereocenters. The quantitative estimate of drug-likeness (QED) is 0.835. The van der Waals surface area contributed by atoms with Crippen molar-refractivity contribution in [1.29, 1.82) is 0 Å². The maximum absolute atomic E-state index is 12.8. The number of anilines is 3. The van der Waals surface area contributed by atoms with Crippen molar-refractivity contribution in [1.82, 2.24) is 15.2 Å². The average molecular weight is 346 g/mol. The highest BCUT2D eigenvalue weighted by molar-refractivity contribution is 6.33. The number of nitrogens with zero attached hydrogens (tertiary/aromatic N) is 3. The van der Waals surface area contributed by atoms with E-state index < -0.39 is 11.7 Å². The van der Waals surface area contributed by atoms with Crippen molar-refractivity contribution < 1.29 is 13.2 Å². The molecule has 0 radical (unpaired) electrons. The molecular weight excluding hydrogens is 331 g/mol. The standard InChI is InChI=1S/C14H15ClF3N5/c1-3-8(2)20-13-22-12(7-19-23-13)21-11-6-9(14(16,17)18)4-5-10(11)15/h4-8H,3H2,1-2H3,(H2,20,21,22,23). The normalized spacial score (nSPS) is 12.8. The first kappa shape index (κ1) is 17.3. The number of rotatable bonds is 5. The smallest absolute Gasteiger partial charge is 0.350 e. The molecule has 0 bridgehead atoms. The lowest BCUT2D eigenvalue weighted by Gasteiger charge is -2.13. The molecular formula is C14H15ClF3N5. The minimum atomic E-state index is -4.45. The van der Waals surface area contributed by atoms with Gasteiger partial charge >= 0.3 is 6.18 Å². The van der Waals surface area contributed by atoms with Gasteiger partial charge in [0.25, 0.3) is 0 Å². The van der Waals surface area contributed by atoms with Gasteiger partial charge in [0.15, 0.2) is 5.82 Å². The van der Waals surface area contributed by atoms with Crippen molar-refractivity contribution in [3.8, 4) is 0 Å². The lowest BCUT2D eigenvalue weighted by Crippen LogP contribution is -2.16. The first-order chi connectivity index (χ1) is 10.8. The monoisotopic (exact) mass is 345 g/mol. The molecule has 1 aromatic heterocycles. The Kier molecular flexibility index (Phi) is 5.25. The predicted molar refractivity (Wildman–Crippen MR) is 82.9 cm³/mol. The van der Waals surface area contributed by atoms with Crippen molar-refractivity contribution >= 4 is 29.1 Å². The zero-order valence-electron chi connectivity index (χ0n) is 12.4. The fraction of sp³-hybridized carbons (Fsp3) is 0.357. The van der Waals surface area contributed by atoms with Crippen LogP contribution in [0.4, 0.5) is 30.6 Å². The maximum atomic E-state index is 12.8. The molecule has 1 unspecified atom stereocenters. The molecule has 5 nitrogen and oxygen atoms in total. The Morgan fingerprint density at radius 1 is 1.30 bits per heavy atom. The lowest BCUT2D eigenvalue weighted by molar-refractivity contribution is -0.137. The van der Waals surface area contributed by atoms with Crippen LogP contribution in [0.15, 0.2) is 24.4 Å². The highest BCUT2D eigenvalue weighted by Crippen LogP contribution is 2.34. The van der Waals surface area contributed by atoms with Crippen molar-refractivity contribution in [2.75, 3.05) is 10.6 Å². The largest absolute Gasteiger partial charge is 0.416 e. The van der Waals surface area contributed by atoms with E-state index in [2.05, 4.69) is 25.8 Å². The third-order valence-electron chi connectivity index (χ3n) is 3.10. The van der Waals surface area contributed by atoms with Crippen LogP contribution in [0.25, 0.3) is 0 Å². The van der Waals surface area contributed by atoms with Crippen LogP contribution >= 0.6 is 11.6 Å². The molecule has 0 aliphatic rings. The van der Waals surface area contributed by atoms with Gasteiger partial charge < -0.3 is 10.6 Å². The van der Waals surface area contributed by atoms with Crippen LogP contribution in [0.3, 0.4) is 0 Å². The van der Waals surface area contributed by atoms with E-state index in [-0.39, 0.29) is 28.5 Å². The summed E-state index contributed by atoms with van der Waals surface area (Å²) in [5.74, 6) is 0.527. The van der Waals surface area contributed by atoms with E-state index >= 15 is 0 Å². The Balaban J connectivity index is 2.24. The van der Waals surface area contributed by atoms with Crippen LogP contribution in [0, 0.1) is 0 Å². The first-order valence-corrected chi connectivity index (χ1v) is 7.27. The summed E-state index contributed by atoms with van der Waals surface area (Å²) >= 11 is 5.93. The summed E-state index contributed by atoms with van der Waals surface area (Å²) in [6.07, 6.45) is -2.28. The zero-order chi connectivity index (χ0) is 17.0. The van der Waals surface area contributed by atoms with Crippen molar-refractivity contribution in [3.05, 3.63) is 35.0 Å². The number of hydrogen-bond donors (Lipinski definition) is 2. The summed E-state index contributed by atoms with van der Waals surface area (Å²) in [6.45, 7) is 3.95. The van der Waals surface area contributed by atoms with E-state index in [1.165, 1.54) is 12.3 Å². The fourth-order valence-electron chi connectivity index (χ4n) is 1.68. The van der Waals surface area contributed by atoms with Crippen LogP contribution in [0.1, 0.15) is 25.8 Å². The SMILES string of the molecule is CCC(C)Nc1nncc(Nc2cc(C(F)(F)F)ccc2Cl)n1. The molecule has 2 aromatic rings. The van der Waals surface area contributed by atoms with Gasteiger partial charge in [0.1, 0.15) is 0 Å². The Morgan fingerprint density at radius 2 is 2.04 bits per heavy atom. The summed E-state index contributed by atoms with van der Waals surface area (Å²) in [5.41, 5.74) is -0.708. The van der Waals surface area contributed by atoms with E-state index in [0.29, 0.717) is 0 Å². The molecule has 0 aliphatic carbocycles. The van der Waals surface area contributed by atoms with Crippen molar-refractivity contribution in [2.45, 2.75) is 32.5 Å². The Labute approximate surface area is 136 Å². The van der Waals surface area contributed by atoms with E-state index in [9.17, 15) is 13.2 Å². The van der Waals surface area contributed by atoms with Crippen molar-refractivity contribution in [2.24, 2.45) is 0 Å². The van der Waals surface area contributed by atoms with Crippen LogP contribution in [-0.4, -0.2) is 21.2 Å². The van der Waals surface area contributed by atoms with Gasteiger partial charge in [0.05, 0.1) is 22.5 Å². The summed E-state index contributed by atoms with van der Waals surface area (Å²) in [7, 11) is 0. The van der Waals surface area contributed by atoms with Crippen LogP contribution in [-0.2, 0) is 6.18 Å². The second-order valence-electron chi connectivity index (χ2n) is 4.94. The number of nitrogens with one attached hydrogen (secondary N) is 2. The predicted octanol–water partition coefficient (Wildman–Crippen LogP) is 4.50. The highest BCUT2D eigenvalue weighted by Gasteiger charge is 2.31. The molecule has 0 amide bonds. The molecule has 0 aliphatic heterocycles. The molecule has 23 heavy (non-hydrogen) atoms. The summed E-state index contributed by atoms with van der Waals surface area (Å²) < 4.78 is 38.3. The van der Waals surface area contributed by atoms with Crippen LogP contribution in [0.2, 0.25) is 5.02 Å². The molecule has 2 N–H and O–H groups in total.